The highest BCUT2D eigenvalue weighted by atomic mass is 16.4. The number of carboxylic acid groups (broad SMARTS) is 1. The lowest BCUT2D eigenvalue weighted by Gasteiger charge is -2.20. The summed E-state index contributed by atoms with van der Waals surface area (Å²) in [5.74, 6) is 0. The minimum atomic E-state index is -0.843. The Hall–Kier alpha value is -1.55. The maximum Gasteiger partial charge on any atom is 0.407 e. The van der Waals surface area contributed by atoms with Gasteiger partial charge in [-0.05, 0) is 42.9 Å². The van der Waals surface area contributed by atoms with Gasteiger partial charge in [0, 0.05) is 19.2 Å². The first-order valence-electron chi connectivity index (χ1n) is 6.30. The molecule has 0 unspecified atom stereocenters. The van der Waals surface area contributed by atoms with Crippen LogP contribution in [0.4, 0.5) is 4.79 Å². The molecule has 0 heterocycles. The quantitative estimate of drug-likeness (QED) is 0.840. The molecular formula is C14H19NO3. The molecule has 1 aliphatic carbocycles. The van der Waals surface area contributed by atoms with Gasteiger partial charge in [0.15, 0.2) is 0 Å². The minimum Gasteiger partial charge on any atom is -0.465 e. The molecular weight excluding hydrogens is 230 g/mol. The van der Waals surface area contributed by atoms with Crippen molar-refractivity contribution in [2.24, 2.45) is 0 Å². The average molecular weight is 249 g/mol. The van der Waals surface area contributed by atoms with E-state index in [4.69, 9.17) is 5.11 Å². The van der Waals surface area contributed by atoms with Gasteiger partial charge in [-0.2, -0.15) is 0 Å². The second-order valence-electron chi connectivity index (χ2n) is 4.88. The van der Waals surface area contributed by atoms with Gasteiger partial charge in [-0.25, -0.2) is 4.79 Å². The van der Waals surface area contributed by atoms with Crippen LogP contribution in [0.5, 0.6) is 0 Å². The molecule has 4 heteroatoms. The molecule has 1 aliphatic rings. The fourth-order valence-corrected chi connectivity index (χ4v) is 2.10. The van der Waals surface area contributed by atoms with E-state index in [2.05, 4.69) is 0 Å². The number of aryl methyl sites for hydroxylation is 1. The van der Waals surface area contributed by atoms with Crippen molar-refractivity contribution >= 4 is 6.09 Å². The Morgan fingerprint density at radius 3 is 2.72 bits per heavy atom. The predicted molar refractivity (Wildman–Crippen MR) is 68.6 cm³/mol. The summed E-state index contributed by atoms with van der Waals surface area (Å²) in [6.07, 6.45) is 1.72. The number of benzene rings is 1. The van der Waals surface area contributed by atoms with Crippen molar-refractivity contribution in [3.63, 3.8) is 0 Å². The molecule has 2 N–H and O–H groups in total. The lowest BCUT2D eigenvalue weighted by Crippen LogP contribution is -2.31. The Labute approximate surface area is 107 Å². The van der Waals surface area contributed by atoms with Crippen LogP contribution in [0.3, 0.4) is 0 Å². The summed E-state index contributed by atoms with van der Waals surface area (Å²) in [6, 6.07) is 6.18. The van der Waals surface area contributed by atoms with E-state index in [-0.39, 0.29) is 12.6 Å². The number of nitrogens with zero attached hydrogens (tertiary/aromatic N) is 1. The molecule has 1 aromatic carbocycles. The summed E-state index contributed by atoms with van der Waals surface area (Å²) in [5.41, 5.74) is 3.19. The molecule has 2 rings (SSSR count). The number of aliphatic hydroxyl groups excluding tert-OH is 1. The van der Waals surface area contributed by atoms with Crippen molar-refractivity contribution < 1.29 is 15.0 Å². The Balaban J connectivity index is 2.15. The summed E-state index contributed by atoms with van der Waals surface area (Å²) in [4.78, 5) is 12.7. The molecule has 98 valence electrons. The topological polar surface area (TPSA) is 60.8 Å². The van der Waals surface area contributed by atoms with Crippen molar-refractivity contribution in [2.75, 3.05) is 6.61 Å². The molecule has 0 bridgehead atoms. The maximum absolute atomic E-state index is 11.2. The van der Waals surface area contributed by atoms with Crippen LogP contribution in [0, 0.1) is 6.92 Å². The fourth-order valence-electron chi connectivity index (χ4n) is 2.10. The maximum atomic E-state index is 11.2. The van der Waals surface area contributed by atoms with Crippen molar-refractivity contribution in [2.45, 2.75) is 38.8 Å². The van der Waals surface area contributed by atoms with E-state index in [9.17, 15) is 9.90 Å². The van der Waals surface area contributed by atoms with Crippen LogP contribution in [-0.2, 0) is 13.0 Å². The fraction of sp³-hybridized carbons (Fsp3) is 0.500. The predicted octanol–water partition coefficient (Wildman–Crippen LogP) is 2.17. The highest BCUT2D eigenvalue weighted by Gasteiger charge is 2.32. The smallest absolute Gasteiger partial charge is 0.407 e. The molecule has 0 radical (unpaired) electrons. The van der Waals surface area contributed by atoms with E-state index < -0.39 is 6.09 Å². The number of carbonyl (C=O) groups is 1. The average Bonchev–Trinajstić information content (AvgIpc) is 3.13. The van der Waals surface area contributed by atoms with Gasteiger partial charge in [0.1, 0.15) is 0 Å². The number of rotatable bonds is 5. The van der Waals surface area contributed by atoms with Gasteiger partial charge in [0.05, 0.1) is 0 Å². The number of hydrogen-bond acceptors (Lipinski definition) is 2. The van der Waals surface area contributed by atoms with Gasteiger partial charge in [-0.15, -0.1) is 0 Å². The molecule has 4 nitrogen and oxygen atoms in total. The van der Waals surface area contributed by atoms with E-state index in [1.807, 2.05) is 25.1 Å². The lowest BCUT2D eigenvalue weighted by atomic mass is 10.0. The Morgan fingerprint density at radius 2 is 2.17 bits per heavy atom. The Morgan fingerprint density at radius 1 is 1.44 bits per heavy atom. The summed E-state index contributed by atoms with van der Waals surface area (Å²) in [7, 11) is 0. The van der Waals surface area contributed by atoms with Crippen molar-refractivity contribution in [3.05, 3.63) is 34.9 Å². The highest BCUT2D eigenvalue weighted by molar-refractivity contribution is 5.66. The zero-order chi connectivity index (χ0) is 13.1. The zero-order valence-electron chi connectivity index (χ0n) is 10.6. The van der Waals surface area contributed by atoms with Gasteiger partial charge in [0.2, 0.25) is 0 Å². The largest absolute Gasteiger partial charge is 0.465 e. The van der Waals surface area contributed by atoms with Crippen LogP contribution in [0.1, 0.15) is 29.5 Å². The monoisotopic (exact) mass is 249 g/mol. The van der Waals surface area contributed by atoms with Gasteiger partial charge in [0.25, 0.3) is 0 Å². The zero-order valence-corrected chi connectivity index (χ0v) is 10.6. The Kier molecular flexibility index (Phi) is 3.87. The molecule has 0 saturated heterocycles. The molecule has 0 atom stereocenters. The number of amides is 1. The van der Waals surface area contributed by atoms with E-state index in [1.165, 1.54) is 4.90 Å². The lowest BCUT2D eigenvalue weighted by molar-refractivity contribution is 0.139. The third-order valence-electron chi connectivity index (χ3n) is 3.39. The van der Waals surface area contributed by atoms with Crippen LogP contribution >= 0.6 is 0 Å². The van der Waals surface area contributed by atoms with Crippen LogP contribution in [-0.4, -0.2) is 33.9 Å². The van der Waals surface area contributed by atoms with Crippen LogP contribution < -0.4 is 0 Å². The van der Waals surface area contributed by atoms with Crippen molar-refractivity contribution in [1.82, 2.24) is 4.90 Å². The first kappa shape index (κ1) is 12.9. The Bertz CT molecular complexity index is 441. The SMILES string of the molecule is Cc1ccc(CCO)cc1CN(C(=O)O)C1CC1. The molecule has 1 saturated carbocycles. The molecule has 0 aromatic heterocycles. The van der Waals surface area contributed by atoms with Crippen molar-refractivity contribution in [3.8, 4) is 0 Å². The van der Waals surface area contributed by atoms with E-state index >= 15 is 0 Å². The van der Waals surface area contributed by atoms with Gasteiger partial charge in [-0.1, -0.05) is 18.2 Å². The number of hydrogen-bond donors (Lipinski definition) is 2. The van der Waals surface area contributed by atoms with Crippen LogP contribution in [0.15, 0.2) is 18.2 Å². The summed E-state index contributed by atoms with van der Waals surface area (Å²) < 4.78 is 0. The standard InChI is InChI=1S/C14H19NO3/c1-10-2-3-11(6-7-16)8-12(10)9-15(14(17)18)13-4-5-13/h2-3,8,13,16H,4-7,9H2,1H3,(H,17,18). The highest BCUT2D eigenvalue weighted by Crippen LogP contribution is 2.29. The number of aliphatic hydroxyl groups is 1. The van der Waals surface area contributed by atoms with E-state index in [1.54, 1.807) is 0 Å². The molecule has 0 aliphatic heterocycles. The molecule has 0 spiro atoms. The summed E-state index contributed by atoms with van der Waals surface area (Å²) in [6.45, 7) is 2.56. The molecule has 18 heavy (non-hydrogen) atoms. The minimum absolute atomic E-state index is 0.119. The molecule has 1 fully saturated rings. The third-order valence-corrected chi connectivity index (χ3v) is 3.39. The first-order chi connectivity index (χ1) is 8.61. The third kappa shape index (κ3) is 3.01. The second kappa shape index (κ2) is 5.40. The van der Waals surface area contributed by atoms with E-state index in [0.29, 0.717) is 13.0 Å². The van der Waals surface area contributed by atoms with Gasteiger partial charge < -0.3 is 15.1 Å². The summed E-state index contributed by atoms with van der Waals surface area (Å²) in [5, 5.41) is 18.1. The normalized spacial score (nSPS) is 14.6. The molecule has 1 amide bonds. The molecule has 1 aromatic rings. The van der Waals surface area contributed by atoms with Crippen LogP contribution in [0.2, 0.25) is 0 Å². The van der Waals surface area contributed by atoms with Gasteiger partial charge in [-0.3, -0.25) is 0 Å². The first-order valence-corrected chi connectivity index (χ1v) is 6.30. The van der Waals surface area contributed by atoms with E-state index in [0.717, 1.165) is 29.5 Å². The second-order valence-corrected chi connectivity index (χ2v) is 4.88. The van der Waals surface area contributed by atoms with Gasteiger partial charge >= 0.3 is 6.09 Å². The summed E-state index contributed by atoms with van der Waals surface area (Å²) >= 11 is 0. The van der Waals surface area contributed by atoms with Crippen molar-refractivity contribution in [1.29, 1.82) is 0 Å². The van der Waals surface area contributed by atoms with Crippen LogP contribution in [0.25, 0.3) is 0 Å².